The summed E-state index contributed by atoms with van der Waals surface area (Å²) in [6.45, 7) is 7.58. The molecule has 0 aromatic heterocycles. The number of hydrogen-bond donors (Lipinski definition) is 2. The van der Waals surface area contributed by atoms with E-state index in [-0.39, 0.29) is 18.1 Å². The van der Waals surface area contributed by atoms with E-state index in [9.17, 15) is 14.9 Å². The largest absolute Gasteiger partial charge is 0.329 e. The van der Waals surface area contributed by atoms with Crippen molar-refractivity contribution < 1.29 is 9.72 Å². The van der Waals surface area contributed by atoms with Crippen LogP contribution in [0, 0.1) is 29.4 Å². The van der Waals surface area contributed by atoms with Crippen LogP contribution in [-0.4, -0.2) is 17.4 Å². The fourth-order valence-electron chi connectivity index (χ4n) is 2.38. The van der Waals surface area contributed by atoms with E-state index in [1.54, 1.807) is 13.0 Å². The molecule has 0 bridgehead atoms. The van der Waals surface area contributed by atoms with Gasteiger partial charge in [0.05, 0.1) is 16.0 Å². The fourth-order valence-corrected chi connectivity index (χ4v) is 2.38. The average Bonchev–Trinajstić information content (AvgIpc) is 2.44. The van der Waals surface area contributed by atoms with Crippen molar-refractivity contribution in [2.45, 2.75) is 40.5 Å². The molecular weight excluding hydrogens is 270 g/mol. The number of nitrogens with zero attached hydrogens (tertiary/aromatic N) is 1. The molecular formula is C15H23N3O3. The molecule has 0 aliphatic rings. The van der Waals surface area contributed by atoms with Crippen molar-refractivity contribution in [2.75, 3.05) is 11.9 Å². The number of nitrogens with one attached hydrogen (secondary N) is 1. The summed E-state index contributed by atoms with van der Waals surface area (Å²) in [5.74, 6) is -0.184. The summed E-state index contributed by atoms with van der Waals surface area (Å²) in [6, 6.07) is 3.12. The molecule has 116 valence electrons. The van der Waals surface area contributed by atoms with E-state index in [1.165, 1.54) is 6.07 Å². The van der Waals surface area contributed by atoms with E-state index >= 15 is 0 Å². The van der Waals surface area contributed by atoms with Gasteiger partial charge in [0, 0.05) is 18.2 Å². The molecule has 0 radical (unpaired) electrons. The zero-order chi connectivity index (χ0) is 16.2. The second-order valence-electron chi connectivity index (χ2n) is 5.36. The van der Waals surface area contributed by atoms with Crippen LogP contribution in [0.1, 0.15) is 37.8 Å². The van der Waals surface area contributed by atoms with Crippen LogP contribution in [0.2, 0.25) is 0 Å². The van der Waals surface area contributed by atoms with Crippen molar-refractivity contribution in [1.82, 2.24) is 0 Å². The van der Waals surface area contributed by atoms with Crippen LogP contribution >= 0.6 is 0 Å². The Morgan fingerprint density at radius 2 is 1.86 bits per heavy atom. The average molecular weight is 293 g/mol. The van der Waals surface area contributed by atoms with Crippen LogP contribution in [0.3, 0.4) is 0 Å². The molecule has 0 unspecified atom stereocenters. The Bertz CT molecular complexity index is 543. The topological polar surface area (TPSA) is 98.3 Å². The van der Waals surface area contributed by atoms with E-state index in [0.29, 0.717) is 24.1 Å². The number of hydrogen-bond acceptors (Lipinski definition) is 4. The molecule has 1 rings (SSSR count). The lowest BCUT2D eigenvalue weighted by Gasteiger charge is -2.28. The number of rotatable bonds is 6. The van der Waals surface area contributed by atoms with Crippen LogP contribution in [-0.2, 0) is 4.79 Å². The summed E-state index contributed by atoms with van der Waals surface area (Å²) in [7, 11) is 0. The first-order valence-electron chi connectivity index (χ1n) is 7.08. The van der Waals surface area contributed by atoms with Gasteiger partial charge in [-0.1, -0.05) is 13.8 Å². The molecule has 0 spiro atoms. The van der Waals surface area contributed by atoms with Crippen molar-refractivity contribution in [2.24, 2.45) is 11.1 Å². The molecule has 0 heterocycles. The second kappa shape index (κ2) is 6.67. The predicted molar refractivity (Wildman–Crippen MR) is 83.3 cm³/mol. The third-order valence-electron chi connectivity index (χ3n) is 4.21. The summed E-state index contributed by atoms with van der Waals surface area (Å²) in [5, 5.41) is 13.8. The third kappa shape index (κ3) is 3.39. The van der Waals surface area contributed by atoms with Gasteiger partial charge in [0.2, 0.25) is 5.91 Å². The highest BCUT2D eigenvalue weighted by Gasteiger charge is 2.33. The van der Waals surface area contributed by atoms with Gasteiger partial charge < -0.3 is 11.1 Å². The Balaban J connectivity index is 3.16. The smallest absolute Gasteiger partial charge is 0.274 e. The SMILES string of the molecule is CCC(CC)(CN)C(=O)Nc1cc([N+](=O)[O-])c(C)cc1C. The minimum absolute atomic E-state index is 0.00208. The van der Waals surface area contributed by atoms with Crippen LogP contribution < -0.4 is 11.1 Å². The molecule has 0 atom stereocenters. The first kappa shape index (κ1) is 17.1. The number of nitro groups is 1. The molecule has 0 saturated heterocycles. The van der Waals surface area contributed by atoms with E-state index in [4.69, 9.17) is 5.73 Å². The van der Waals surface area contributed by atoms with E-state index in [1.807, 2.05) is 20.8 Å². The minimum Gasteiger partial charge on any atom is -0.329 e. The van der Waals surface area contributed by atoms with Crippen molar-refractivity contribution in [3.05, 3.63) is 33.4 Å². The normalized spacial score (nSPS) is 11.3. The van der Waals surface area contributed by atoms with E-state index in [0.717, 1.165) is 5.56 Å². The van der Waals surface area contributed by atoms with Crippen LogP contribution in [0.5, 0.6) is 0 Å². The van der Waals surface area contributed by atoms with E-state index < -0.39 is 10.3 Å². The first-order valence-corrected chi connectivity index (χ1v) is 7.08. The van der Waals surface area contributed by atoms with Gasteiger partial charge in [-0.2, -0.15) is 0 Å². The van der Waals surface area contributed by atoms with Gasteiger partial charge in [-0.15, -0.1) is 0 Å². The van der Waals surface area contributed by atoms with Crippen molar-refractivity contribution in [1.29, 1.82) is 0 Å². The standard InChI is InChI=1S/C15H23N3O3/c1-5-15(6-2,9-16)14(19)17-12-8-13(18(20)21)11(4)7-10(12)3/h7-8H,5-6,9,16H2,1-4H3,(H,17,19). The van der Waals surface area contributed by atoms with Gasteiger partial charge in [-0.05, 0) is 38.3 Å². The Labute approximate surface area is 124 Å². The highest BCUT2D eigenvalue weighted by Crippen LogP contribution is 2.30. The van der Waals surface area contributed by atoms with Crippen molar-refractivity contribution >= 4 is 17.3 Å². The lowest BCUT2D eigenvalue weighted by molar-refractivity contribution is -0.385. The number of benzene rings is 1. The highest BCUT2D eigenvalue weighted by molar-refractivity contribution is 5.96. The van der Waals surface area contributed by atoms with Gasteiger partial charge in [0.1, 0.15) is 0 Å². The molecule has 3 N–H and O–H groups in total. The minimum atomic E-state index is -0.633. The molecule has 1 aromatic rings. The maximum Gasteiger partial charge on any atom is 0.274 e. The van der Waals surface area contributed by atoms with Crippen LogP contribution in [0.4, 0.5) is 11.4 Å². The van der Waals surface area contributed by atoms with Gasteiger partial charge in [0.15, 0.2) is 0 Å². The summed E-state index contributed by atoms with van der Waals surface area (Å²) in [4.78, 5) is 23.1. The van der Waals surface area contributed by atoms with Gasteiger partial charge in [-0.25, -0.2) is 0 Å². The Kier molecular flexibility index (Phi) is 5.43. The van der Waals surface area contributed by atoms with Crippen molar-refractivity contribution in [3.8, 4) is 0 Å². The molecule has 1 amide bonds. The zero-order valence-corrected chi connectivity index (χ0v) is 13.0. The summed E-state index contributed by atoms with van der Waals surface area (Å²) in [5.41, 5.74) is 6.96. The molecule has 6 heteroatoms. The second-order valence-corrected chi connectivity index (χ2v) is 5.36. The van der Waals surface area contributed by atoms with Gasteiger partial charge in [-0.3, -0.25) is 14.9 Å². The van der Waals surface area contributed by atoms with Gasteiger partial charge >= 0.3 is 0 Å². The molecule has 0 saturated carbocycles. The van der Waals surface area contributed by atoms with Crippen molar-refractivity contribution in [3.63, 3.8) is 0 Å². The Morgan fingerprint density at radius 1 is 1.29 bits per heavy atom. The highest BCUT2D eigenvalue weighted by atomic mass is 16.6. The monoisotopic (exact) mass is 293 g/mol. The first-order chi connectivity index (χ1) is 9.81. The maximum atomic E-state index is 12.5. The van der Waals surface area contributed by atoms with Crippen LogP contribution in [0.15, 0.2) is 12.1 Å². The third-order valence-corrected chi connectivity index (χ3v) is 4.21. The number of carbonyl (C=O) groups excluding carboxylic acids is 1. The number of aryl methyl sites for hydroxylation is 2. The number of nitro benzene ring substituents is 1. The van der Waals surface area contributed by atoms with E-state index in [2.05, 4.69) is 5.32 Å². The lowest BCUT2D eigenvalue weighted by atomic mass is 9.81. The lowest BCUT2D eigenvalue weighted by Crippen LogP contribution is -2.41. The number of amides is 1. The fraction of sp³-hybridized carbons (Fsp3) is 0.533. The quantitative estimate of drug-likeness (QED) is 0.622. The number of carbonyl (C=O) groups is 1. The summed E-state index contributed by atoms with van der Waals surface area (Å²) < 4.78 is 0. The Morgan fingerprint density at radius 3 is 2.29 bits per heavy atom. The van der Waals surface area contributed by atoms with Gasteiger partial charge in [0.25, 0.3) is 5.69 Å². The molecule has 1 aromatic carbocycles. The number of anilines is 1. The predicted octanol–water partition coefficient (Wildman–Crippen LogP) is 2.92. The number of nitrogens with two attached hydrogens (primary N) is 1. The summed E-state index contributed by atoms with van der Waals surface area (Å²) in [6.07, 6.45) is 1.25. The summed E-state index contributed by atoms with van der Waals surface area (Å²) >= 11 is 0. The maximum absolute atomic E-state index is 12.5. The molecule has 6 nitrogen and oxygen atoms in total. The molecule has 0 aliphatic heterocycles. The molecule has 21 heavy (non-hydrogen) atoms. The Hall–Kier alpha value is -1.95. The molecule has 0 aliphatic carbocycles. The van der Waals surface area contributed by atoms with Crippen LogP contribution in [0.25, 0.3) is 0 Å². The molecule has 0 fully saturated rings. The zero-order valence-electron chi connectivity index (χ0n) is 13.0.